The molecule has 0 aromatic carbocycles. The Morgan fingerprint density at radius 3 is 2.96 bits per heavy atom. The number of allylic oxidation sites excluding steroid dienone is 1. The molecule has 1 aliphatic rings. The van der Waals surface area contributed by atoms with E-state index >= 15 is 0 Å². The average molecular weight is 385 g/mol. The van der Waals surface area contributed by atoms with Crippen molar-refractivity contribution in [3.05, 3.63) is 40.9 Å². The van der Waals surface area contributed by atoms with E-state index in [9.17, 15) is 4.79 Å². The molecule has 1 aliphatic heterocycles. The molecular weight excluding hydrogens is 362 g/mol. The molecule has 3 rings (SSSR count). The number of rotatable bonds is 6. The minimum Gasteiger partial charge on any atom is -0.404 e. The van der Waals surface area contributed by atoms with E-state index in [1.165, 1.54) is 17.5 Å². The molecular formula is C18H23N7OS. The van der Waals surface area contributed by atoms with Gasteiger partial charge in [0.2, 0.25) is 0 Å². The first-order valence-corrected chi connectivity index (χ1v) is 9.69. The van der Waals surface area contributed by atoms with Crippen LogP contribution in [0.25, 0.3) is 5.57 Å². The molecule has 0 aliphatic carbocycles. The van der Waals surface area contributed by atoms with Crippen LogP contribution in [0.15, 0.2) is 35.2 Å². The molecule has 9 heteroatoms. The average Bonchev–Trinajstić information content (AvgIpc) is 3.35. The number of hydrogen-bond acceptors (Lipinski definition) is 8. The molecule has 0 bridgehead atoms. The zero-order valence-corrected chi connectivity index (χ0v) is 16.2. The van der Waals surface area contributed by atoms with Crippen LogP contribution in [0.1, 0.15) is 35.8 Å². The molecule has 8 nitrogen and oxygen atoms in total. The van der Waals surface area contributed by atoms with Gasteiger partial charge in [-0.05, 0) is 26.8 Å². The fourth-order valence-electron chi connectivity index (χ4n) is 3.00. The molecule has 0 saturated carbocycles. The summed E-state index contributed by atoms with van der Waals surface area (Å²) in [6.45, 7) is 5.81. The highest BCUT2D eigenvalue weighted by atomic mass is 32.1. The SMILES string of the molecule is CC(C)N(C(=O)c1csc(/C(C=Nc2cnccn2)=C/N)n1)[C@@H]1CCNC1. The summed E-state index contributed by atoms with van der Waals surface area (Å²) >= 11 is 1.37. The molecule has 142 valence electrons. The van der Waals surface area contributed by atoms with Crippen molar-refractivity contribution < 1.29 is 4.79 Å². The van der Waals surface area contributed by atoms with Gasteiger partial charge in [-0.25, -0.2) is 15.0 Å². The zero-order valence-electron chi connectivity index (χ0n) is 15.4. The molecule has 1 saturated heterocycles. The summed E-state index contributed by atoms with van der Waals surface area (Å²) in [6.07, 6.45) is 8.66. The molecule has 0 radical (unpaired) electrons. The number of nitrogens with zero attached hydrogens (tertiary/aromatic N) is 5. The van der Waals surface area contributed by atoms with E-state index in [-0.39, 0.29) is 18.0 Å². The van der Waals surface area contributed by atoms with E-state index in [0.29, 0.717) is 22.1 Å². The fourth-order valence-corrected chi connectivity index (χ4v) is 3.78. The van der Waals surface area contributed by atoms with Crippen LogP contribution in [0, 0.1) is 0 Å². The van der Waals surface area contributed by atoms with E-state index in [1.54, 1.807) is 30.2 Å². The first-order valence-electron chi connectivity index (χ1n) is 8.81. The van der Waals surface area contributed by atoms with Crippen molar-refractivity contribution in [2.24, 2.45) is 10.7 Å². The van der Waals surface area contributed by atoms with Crippen LogP contribution in [0.3, 0.4) is 0 Å². The molecule has 2 aromatic heterocycles. The summed E-state index contributed by atoms with van der Waals surface area (Å²) in [4.78, 5) is 31.7. The second-order valence-corrected chi connectivity index (χ2v) is 7.29. The lowest BCUT2D eigenvalue weighted by atomic mass is 10.1. The minimum atomic E-state index is -0.0524. The lowest BCUT2D eigenvalue weighted by Gasteiger charge is -2.31. The van der Waals surface area contributed by atoms with Gasteiger partial charge in [0.1, 0.15) is 10.7 Å². The Kier molecular flexibility index (Phi) is 6.25. The number of thiazole rings is 1. The number of carbonyl (C=O) groups is 1. The lowest BCUT2D eigenvalue weighted by molar-refractivity contribution is 0.0621. The zero-order chi connectivity index (χ0) is 19.2. The highest BCUT2D eigenvalue weighted by Crippen LogP contribution is 2.22. The topological polar surface area (TPSA) is 109 Å². The summed E-state index contributed by atoms with van der Waals surface area (Å²) in [5.74, 6) is 0.424. The second-order valence-electron chi connectivity index (χ2n) is 6.43. The predicted molar refractivity (Wildman–Crippen MR) is 107 cm³/mol. The number of amides is 1. The van der Waals surface area contributed by atoms with E-state index in [2.05, 4.69) is 25.3 Å². The van der Waals surface area contributed by atoms with Crippen LogP contribution in [0.4, 0.5) is 5.82 Å². The molecule has 3 N–H and O–H groups in total. The van der Waals surface area contributed by atoms with Crippen molar-refractivity contribution in [1.82, 2.24) is 25.2 Å². The summed E-state index contributed by atoms with van der Waals surface area (Å²) < 4.78 is 0. The summed E-state index contributed by atoms with van der Waals surface area (Å²) in [6, 6.07) is 0.306. The summed E-state index contributed by atoms with van der Waals surface area (Å²) in [7, 11) is 0. The van der Waals surface area contributed by atoms with Crippen molar-refractivity contribution in [2.75, 3.05) is 13.1 Å². The second kappa shape index (κ2) is 8.83. The number of aromatic nitrogens is 3. The van der Waals surface area contributed by atoms with E-state index in [4.69, 9.17) is 5.73 Å². The third-order valence-electron chi connectivity index (χ3n) is 4.25. The van der Waals surface area contributed by atoms with Crippen LogP contribution in [-0.4, -0.2) is 57.1 Å². The van der Waals surface area contributed by atoms with E-state index in [0.717, 1.165) is 19.5 Å². The van der Waals surface area contributed by atoms with Gasteiger partial charge in [-0.3, -0.25) is 9.78 Å². The standard InChI is InChI=1S/C18H23N7OS/c1-12(2)25(14-3-4-20-9-14)18(26)15-11-27-17(24-15)13(7-19)8-23-16-10-21-5-6-22-16/h5-8,10-12,14,20H,3-4,9,19H2,1-2H3/b13-7+,23-8?/t14-/m1/s1. The van der Waals surface area contributed by atoms with Crippen LogP contribution in [-0.2, 0) is 0 Å². The lowest BCUT2D eigenvalue weighted by Crippen LogP contribution is -2.46. The summed E-state index contributed by atoms with van der Waals surface area (Å²) in [5, 5.41) is 5.73. The Balaban J connectivity index is 1.78. The van der Waals surface area contributed by atoms with Crippen LogP contribution < -0.4 is 11.1 Å². The van der Waals surface area contributed by atoms with Gasteiger partial charge in [-0.1, -0.05) is 0 Å². The number of nitrogens with one attached hydrogen (secondary N) is 1. The molecule has 3 heterocycles. The Labute approximate surface area is 162 Å². The summed E-state index contributed by atoms with van der Waals surface area (Å²) in [5.41, 5.74) is 6.80. The third-order valence-corrected chi connectivity index (χ3v) is 5.15. The third kappa shape index (κ3) is 4.55. The van der Waals surface area contributed by atoms with Crippen molar-refractivity contribution in [3.63, 3.8) is 0 Å². The maximum absolute atomic E-state index is 13.0. The largest absolute Gasteiger partial charge is 0.404 e. The highest BCUT2D eigenvalue weighted by molar-refractivity contribution is 7.11. The van der Waals surface area contributed by atoms with Gasteiger partial charge in [0.25, 0.3) is 5.91 Å². The maximum atomic E-state index is 13.0. The van der Waals surface area contributed by atoms with Crippen molar-refractivity contribution in [2.45, 2.75) is 32.4 Å². The number of carbonyl (C=O) groups excluding carboxylic acids is 1. The quantitative estimate of drug-likeness (QED) is 0.735. The molecule has 2 aromatic rings. The van der Waals surface area contributed by atoms with Gasteiger partial charge < -0.3 is 16.0 Å². The predicted octanol–water partition coefficient (Wildman–Crippen LogP) is 1.85. The van der Waals surface area contributed by atoms with E-state index in [1.807, 2.05) is 18.7 Å². The molecule has 1 atom stereocenters. The van der Waals surface area contributed by atoms with Crippen LogP contribution in [0.2, 0.25) is 0 Å². The van der Waals surface area contributed by atoms with Gasteiger partial charge in [-0.15, -0.1) is 11.3 Å². The first kappa shape index (κ1) is 19.1. The number of hydrogen-bond donors (Lipinski definition) is 2. The Morgan fingerprint density at radius 1 is 1.48 bits per heavy atom. The highest BCUT2D eigenvalue weighted by Gasteiger charge is 2.30. The van der Waals surface area contributed by atoms with E-state index < -0.39 is 0 Å². The first-order chi connectivity index (χ1) is 13.1. The van der Waals surface area contributed by atoms with Gasteiger partial charge in [0.05, 0.1) is 6.20 Å². The molecule has 1 amide bonds. The Hall–Kier alpha value is -2.65. The van der Waals surface area contributed by atoms with Gasteiger partial charge >= 0.3 is 0 Å². The Morgan fingerprint density at radius 2 is 2.33 bits per heavy atom. The van der Waals surface area contributed by atoms with Crippen molar-refractivity contribution >= 4 is 34.8 Å². The molecule has 0 spiro atoms. The van der Waals surface area contributed by atoms with Gasteiger partial charge in [0, 0.05) is 54.4 Å². The van der Waals surface area contributed by atoms with Crippen LogP contribution >= 0.6 is 11.3 Å². The number of aliphatic imine (C=N–C) groups is 1. The molecule has 0 unspecified atom stereocenters. The Bertz CT molecular complexity index is 825. The molecule has 1 fully saturated rings. The number of nitrogens with two attached hydrogens (primary N) is 1. The van der Waals surface area contributed by atoms with Crippen molar-refractivity contribution in [3.8, 4) is 0 Å². The fraction of sp³-hybridized carbons (Fsp3) is 0.389. The monoisotopic (exact) mass is 385 g/mol. The van der Waals surface area contributed by atoms with Crippen molar-refractivity contribution in [1.29, 1.82) is 0 Å². The van der Waals surface area contributed by atoms with Gasteiger partial charge in [-0.2, -0.15) is 0 Å². The van der Waals surface area contributed by atoms with Crippen LogP contribution in [0.5, 0.6) is 0 Å². The van der Waals surface area contributed by atoms with Gasteiger partial charge in [0.15, 0.2) is 5.82 Å². The normalized spacial score (nSPS) is 17.7. The minimum absolute atomic E-state index is 0.0524. The smallest absolute Gasteiger partial charge is 0.273 e. The maximum Gasteiger partial charge on any atom is 0.273 e. The molecule has 27 heavy (non-hydrogen) atoms.